The molecule has 3 nitrogen and oxygen atoms in total. The normalized spacial score (nSPS) is 38.6. The monoisotopic (exact) mass is 240 g/mol. The highest BCUT2D eigenvalue weighted by atomic mass is 16.5. The van der Waals surface area contributed by atoms with Gasteiger partial charge in [0.05, 0.1) is 6.61 Å². The Morgan fingerprint density at radius 3 is 2.65 bits per heavy atom. The van der Waals surface area contributed by atoms with Crippen molar-refractivity contribution in [1.82, 2.24) is 4.90 Å². The molecule has 1 unspecified atom stereocenters. The fourth-order valence-electron chi connectivity index (χ4n) is 3.58. The summed E-state index contributed by atoms with van der Waals surface area (Å²) in [5, 5.41) is 0. The predicted molar refractivity (Wildman–Crippen MR) is 70.9 cm³/mol. The average Bonchev–Trinajstić information content (AvgIpc) is 2.66. The lowest BCUT2D eigenvalue weighted by atomic mass is 9.63. The third-order valence-electron chi connectivity index (χ3n) is 4.97. The molecule has 100 valence electrons. The molecule has 3 heteroatoms. The molecule has 1 aliphatic heterocycles. The highest BCUT2D eigenvalue weighted by molar-refractivity contribution is 5.05. The molecule has 2 rings (SSSR count). The first-order chi connectivity index (χ1) is 8.11. The van der Waals surface area contributed by atoms with Gasteiger partial charge in [0.1, 0.15) is 0 Å². The van der Waals surface area contributed by atoms with E-state index in [1.165, 1.54) is 32.4 Å². The first-order valence-electron chi connectivity index (χ1n) is 7.05. The van der Waals surface area contributed by atoms with Crippen LogP contribution in [0.15, 0.2) is 0 Å². The zero-order chi connectivity index (χ0) is 12.5. The number of ether oxygens (including phenoxy) is 1. The van der Waals surface area contributed by atoms with E-state index in [9.17, 15) is 0 Å². The first-order valence-corrected chi connectivity index (χ1v) is 7.05. The Labute approximate surface area is 106 Å². The van der Waals surface area contributed by atoms with E-state index in [0.717, 1.165) is 30.9 Å². The van der Waals surface area contributed by atoms with Gasteiger partial charge >= 0.3 is 0 Å². The van der Waals surface area contributed by atoms with Crippen LogP contribution in [-0.2, 0) is 4.74 Å². The number of methoxy groups -OCH3 is 1. The fraction of sp³-hybridized carbons (Fsp3) is 1.00. The molecule has 1 saturated carbocycles. The van der Waals surface area contributed by atoms with Crippen molar-refractivity contribution in [3.8, 4) is 0 Å². The second-order valence-electron chi connectivity index (χ2n) is 6.40. The number of rotatable bonds is 5. The lowest BCUT2D eigenvalue weighted by Crippen LogP contribution is -2.61. The Morgan fingerprint density at radius 1 is 1.41 bits per heavy atom. The van der Waals surface area contributed by atoms with E-state index in [4.69, 9.17) is 10.5 Å². The maximum atomic E-state index is 6.06. The van der Waals surface area contributed by atoms with Gasteiger partial charge in [-0.3, -0.25) is 4.90 Å². The molecule has 0 spiro atoms. The van der Waals surface area contributed by atoms with Crippen LogP contribution in [-0.4, -0.2) is 43.8 Å². The Kier molecular flexibility index (Phi) is 4.11. The van der Waals surface area contributed by atoms with Crippen LogP contribution in [0.2, 0.25) is 0 Å². The van der Waals surface area contributed by atoms with Crippen LogP contribution in [0.5, 0.6) is 0 Å². The van der Waals surface area contributed by atoms with Gasteiger partial charge in [0, 0.05) is 25.7 Å². The molecule has 2 N–H and O–H groups in total. The number of nitrogens with two attached hydrogens (primary N) is 1. The fourth-order valence-corrected chi connectivity index (χ4v) is 3.58. The lowest BCUT2D eigenvalue weighted by Gasteiger charge is -2.54. The summed E-state index contributed by atoms with van der Waals surface area (Å²) in [4.78, 5) is 2.65. The topological polar surface area (TPSA) is 38.5 Å². The van der Waals surface area contributed by atoms with E-state index < -0.39 is 0 Å². The summed E-state index contributed by atoms with van der Waals surface area (Å²) < 4.78 is 5.27. The zero-order valence-corrected chi connectivity index (χ0v) is 11.6. The molecule has 1 saturated heterocycles. The van der Waals surface area contributed by atoms with Gasteiger partial charge in [-0.25, -0.2) is 0 Å². The van der Waals surface area contributed by atoms with E-state index in [1.54, 1.807) is 7.11 Å². The van der Waals surface area contributed by atoms with Crippen LogP contribution < -0.4 is 5.73 Å². The quantitative estimate of drug-likeness (QED) is 0.795. The Hall–Kier alpha value is -0.120. The summed E-state index contributed by atoms with van der Waals surface area (Å²) in [6.45, 7) is 8.82. The van der Waals surface area contributed by atoms with Crippen molar-refractivity contribution in [3.05, 3.63) is 0 Å². The van der Waals surface area contributed by atoms with Gasteiger partial charge in [0.2, 0.25) is 0 Å². The molecule has 2 aliphatic rings. The Balaban J connectivity index is 1.89. The number of hydrogen-bond donors (Lipinski definition) is 1. The third kappa shape index (κ3) is 2.51. The standard InChI is InChI=1S/C14H28N2O/c1-11(2)13-6-14(7-13,10-15)16-5-4-12(8-16)9-17-3/h11-13H,4-10,15H2,1-3H3. The van der Waals surface area contributed by atoms with Gasteiger partial charge < -0.3 is 10.5 Å². The SMILES string of the molecule is COCC1CCN(C2(CN)CC(C(C)C)C2)C1. The van der Waals surface area contributed by atoms with Crippen molar-refractivity contribution in [3.63, 3.8) is 0 Å². The molecule has 0 bridgehead atoms. The molecule has 17 heavy (non-hydrogen) atoms. The smallest absolute Gasteiger partial charge is 0.0503 e. The van der Waals surface area contributed by atoms with Crippen molar-refractivity contribution >= 4 is 0 Å². The van der Waals surface area contributed by atoms with Gasteiger partial charge in [-0.15, -0.1) is 0 Å². The molecule has 2 fully saturated rings. The molecular weight excluding hydrogens is 212 g/mol. The highest BCUT2D eigenvalue weighted by Crippen LogP contribution is 2.47. The van der Waals surface area contributed by atoms with E-state index in [0.29, 0.717) is 5.54 Å². The Morgan fingerprint density at radius 2 is 2.12 bits per heavy atom. The molecule has 0 aromatic heterocycles. The van der Waals surface area contributed by atoms with Gasteiger partial charge in [-0.1, -0.05) is 13.8 Å². The van der Waals surface area contributed by atoms with Crippen molar-refractivity contribution in [2.75, 3.05) is 33.4 Å². The molecular formula is C14H28N2O. The number of hydrogen-bond acceptors (Lipinski definition) is 3. The van der Waals surface area contributed by atoms with Crippen molar-refractivity contribution in [2.45, 2.75) is 38.6 Å². The van der Waals surface area contributed by atoms with Crippen LogP contribution in [0, 0.1) is 17.8 Å². The molecule has 0 amide bonds. The van der Waals surface area contributed by atoms with Gasteiger partial charge in [-0.05, 0) is 43.6 Å². The number of nitrogens with zero attached hydrogens (tertiary/aromatic N) is 1. The summed E-state index contributed by atoms with van der Waals surface area (Å²) >= 11 is 0. The van der Waals surface area contributed by atoms with Crippen LogP contribution in [0.3, 0.4) is 0 Å². The second-order valence-corrected chi connectivity index (χ2v) is 6.40. The van der Waals surface area contributed by atoms with Crippen LogP contribution >= 0.6 is 0 Å². The minimum atomic E-state index is 0.331. The number of likely N-dealkylation sites (tertiary alicyclic amines) is 1. The van der Waals surface area contributed by atoms with E-state index in [-0.39, 0.29) is 0 Å². The molecule has 1 aliphatic carbocycles. The van der Waals surface area contributed by atoms with Crippen LogP contribution in [0.25, 0.3) is 0 Å². The maximum Gasteiger partial charge on any atom is 0.0503 e. The average molecular weight is 240 g/mol. The molecule has 1 heterocycles. The Bertz CT molecular complexity index is 249. The summed E-state index contributed by atoms with van der Waals surface area (Å²) in [7, 11) is 1.81. The third-order valence-corrected chi connectivity index (χ3v) is 4.97. The molecule has 0 aromatic rings. The largest absolute Gasteiger partial charge is 0.384 e. The lowest BCUT2D eigenvalue weighted by molar-refractivity contribution is -0.0250. The van der Waals surface area contributed by atoms with Crippen molar-refractivity contribution in [2.24, 2.45) is 23.5 Å². The van der Waals surface area contributed by atoms with Crippen LogP contribution in [0.4, 0.5) is 0 Å². The summed E-state index contributed by atoms with van der Waals surface area (Å²) in [6, 6.07) is 0. The zero-order valence-electron chi connectivity index (χ0n) is 11.6. The van der Waals surface area contributed by atoms with E-state index in [2.05, 4.69) is 18.7 Å². The molecule has 0 radical (unpaired) electrons. The molecule has 0 aromatic carbocycles. The van der Waals surface area contributed by atoms with Crippen molar-refractivity contribution < 1.29 is 4.74 Å². The van der Waals surface area contributed by atoms with Gasteiger partial charge in [0.15, 0.2) is 0 Å². The summed E-state index contributed by atoms with van der Waals surface area (Å²) in [5.41, 5.74) is 6.39. The first kappa shape index (κ1) is 13.3. The van der Waals surface area contributed by atoms with Gasteiger partial charge in [0.25, 0.3) is 0 Å². The summed E-state index contributed by atoms with van der Waals surface area (Å²) in [6.07, 6.45) is 3.89. The van der Waals surface area contributed by atoms with Crippen molar-refractivity contribution in [1.29, 1.82) is 0 Å². The van der Waals surface area contributed by atoms with E-state index in [1.807, 2.05) is 0 Å². The summed E-state index contributed by atoms with van der Waals surface area (Å²) in [5.74, 6) is 2.42. The van der Waals surface area contributed by atoms with Gasteiger partial charge in [-0.2, -0.15) is 0 Å². The predicted octanol–water partition coefficient (Wildman–Crippen LogP) is 1.72. The minimum Gasteiger partial charge on any atom is -0.384 e. The van der Waals surface area contributed by atoms with E-state index >= 15 is 0 Å². The second kappa shape index (κ2) is 5.25. The van der Waals surface area contributed by atoms with Crippen LogP contribution in [0.1, 0.15) is 33.1 Å². The maximum absolute atomic E-state index is 6.06. The highest BCUT2D eigenvalue weighted by Gasteiger charge is 2.49. The molecule has 1 atom stereocenters. The minimum absolute atomic E-state index is 0.331.